The molecule has 0 bridgehead atoms. The average Bonchev–Trinajstić information content (AvgIpc) is 3.34. The van der Waals surface area contributed by atoms with E-state index in [1.165, 1.54) is 10.9 Å². The molecule has 4 rings (SSSR count). The molecule has 0 spiro atoms. The topological polar surface area (TPSA) is 113 Å². The van der Waals surface area contributed by atoms with Gasteiger partial charge in [0.15, 0.2) is 5.82 Å². The number of aromatic amines is 1. The third-order valence-electron chi connectivity index (χ3n) is 5.11. The highest BCUT2D eigenvalue weighted by Crippen LogP contribution is 2.22. The first-order valence-corrected chi connectivity index (χ1v) is 10.2. The maximum absolute atomic E-state index is 10.9. The summed E-state index contributed by atoms with van der Waals surface area (Å²) in [7, 11) is 4.17. The normalized spacial score (nSPS) is 11.3. The molecule has 4 N–H and O–H groups in total. The molecule has 2 heterocycles. The quantitative estimate of drug-likeness (QED) is 0.406. The molecule has 2 aromatic carbocycles. The molecule has 2 aromatic heterocycles. The average molecular weight is 419 g/mol. The van der Waals surface area contributed by atoms with Crippen LogP contribution < -0.4 is 11.1 Å². The Morgan fingerprint density at radius 1 is 1.13 bits per heavy atom. The van der Waals surface area contributed by atoms with E-state index in [2.05, 4.69) is 63.8 Å². The number of rotatable bonds is 8. The molecule has 0 radical (unpaired) electrons. The first-order valence-electron chi connectivity index (χ1n) is 10.2. The predicted octanol–water partition coefficient (Wildman–Crippen LogP) is 3.33. The molecule has 160 valence electrons. The van der Waals surface area contributed by atoms with Crippen molar-refractivity contribution in [3.05, 3.63) is 77.1 Å². The van der Waals surface area contributed by atoms with E-state index in [0.717, 1.165) is 29.6 Å². The minimum atomic E-state index is -0.585. The predicted molar refractivity (Wildman–Crippen MR) is 120 cm³/mol. The first kappa shape index (κ1) is 20.6. The lowest BCUT2D eigenvalue weighted by atomic mass is 10.1. The van der Waals surface area contributed by atoms with Gasteiger partial charge in [-0.3, -0.25) is 0 Å². The number of amides is 2. The number of hydrogen-bond acceptors (Lipinski definition) is 5. The Morgan fingerprint density at radius 2 is 1.90 bits per heavy atom. The summed E-state index contributed by atoms with van der Waals surface area (Å²) < 4.78 is 5.47. The van der Waals surface area contributed by atoms with Crippen LogP contribution in [0, 0.1) is 0 Å². The molecule has 0 aliphatic rings. The highest BCUT2D eigenvalue weighted by Gasteiger charge is 2.11. The maximum atomic E-state index is 10.9. The standard InChI is InChI=1S/C23H26N6O2/c1-29(2)10-9-17-14-25-20-8-5-16(11-19(17)20)13-22-27-21(28-31-22)12-15-3-6-18(7-4-15)26-23(24)30/h3-8,11,14,25H,9-10,12-13H2,1-2H3,(H3,24,26,30). The van der Waals surface area contributed by atoms with E-state index in [4.69, 9.17) is 10.3 Å². The molecule has 4 aromatic rings. The van der Waals surface area contributed by atoms with Crippen molar-refractivity contribution in [1.29, 1.82) is 0 Å². The second kappa shape index (κ2) is 9.01. The van der Waals surface area contributed by atoms with Gasteiger partial charge in [0.1, 0.15) is 0 Å². The highest BCUT2D eigenvalue weighted by atomic mass is 16.5. The monoisotopic (exact) mass is 418 g/mol. The van der Waals surface area contributed by atoms with Crippen molar-refractivity contribution in [2.45, 2.75) is 19.3 Å². The number of primary amides is 1. The second-order valence-corrected chi connectivity index (χ2v) is 7.89. The first-order chi connectivity index (χ1) is 15.0. The number of aromatic nitrogens is 3. The van der Waals surface area contributed by atoms with Crippen LogP contribution in [0.3, 0.4) is 0 Å². The van der Waals surface area contributed by atoms with E-state index in [9.17, 15) is 4.79 Å². The van der Waals surface area contributed by atoms with Gasteiger partial charge in [-0.2, -0.15) is 4.98 Å². The summed E-state index contributed by atoms with van der Waals surface area (Å²) in [5.74, 6) is 1.21. The van der Waals surface area contributed by atoms with E-state index in [-0.39, 0.29) is 0 Å². The Balaban J connectivity index is 1.43. The van der Waals surface area contributed by atoms with Crippen LogP contribution in [0.1, 0.15) is 28.4 Å². The number of nitrogens with two attached hydrogens (primary N) is 1. The SMILES string of the molecule is CN(C)CCc1c[nH]c2ccc(Cc3nc(Cc4ccc(NC(N)=O)cc4)no3)cc12. The van der Waals surface area contributed by atoms with Crippen molar-refractivity contribution < 1.29 is 9.32 Å². The summed E-state index contributed by atoms with van der Waals surface area (Å²) in [4.78, 5) is 21.0. The summed E-state index contributed by atoms with van der Waals surface area (Å²) in [5, 5.41) is 7.89. The van der Waals surface area contributed by atoms with Crippen molar-refractivity contribution in [3.8, 4) is 0 Å². The number of fused-ring (bicyclic) bond motifs is 1. The van der Waals surface area contributed by atoms with Crippen LogP contribution in [0.15, 0.2) is 53.2 Å². The molecule has 0 saturated carbocycles. The van der Waals surface area contributed by atoms with Crippen molar-refractivity contribution >= 4 is 22.6 Å². The van der Waals surface area contributed by atoms with Crippen LogP contribution in [0.25, 0.3) is 10.9 Å². The molecule has 8 heteroatoms. The maximum Gasteiger partial charge on any atom is 0.316 e. The second-order valence-electron chi connectivity index (χ2n) is 7.89. The van der Waals surface area contributed by atoms with E-state index in [1.807, 2.05) is 12.1 Å². The number of nitrogens with zero attached hydrogens (tertiary/aromatic N) is 3. The van der Waals surface area contributed by atoms with Crippen molar-refractivity contribution in [2.24, 2.45) is 5.73 Å². The van der Waals surface area contributed by atoms with Gasteiger partial charge in [-0.1, -0.05) is 23.4 Å². The molecular formula is C23H26N6O2. The van der Waals surface area contributed by atoms with Crippen LogP contribution in [-0.2, 0) is 19.3 Å². The number of benzene rings is 2. The number of anilines is 1. The molecule has 8 nitrogen and oxygen atoms in total. The molecule has 0 saturated heterocycles. The fourth-order valence-corrected chi connectivity index (χ4v) is 3.53. The van der Waals surface area contributed by atoms with Crippen molar-refractivity contribution in [1.82, 2.24) is 20.0 Å². The zero-order valence-corrected chi connectivity index (χ0v) is 17.7. The highest BCUT2D eigenvalue weighted by molar-refractivity contribution is 5.87. The lowest BCUT2D eigenvalue weighted by molar-refractivity contribution is 0.259. The van der Waals surface area contributed by atoms with E-state index in [1.54, 1.807) is 12.1 Å². The molecule has 0 aliphatic carbocycles. The Bertz CT molecular complexity index is 1180. The number of hydrogen-bond donors (Lipinski definition) is 3. The number of carbonyl (C=O) groups excluding carboxylic acids is 1. The van der Waals surface area contributed by atoms with Crippen LogP contribution in [0.5, 0.6) is 0 Å². The van der Waals surface area contributed by atoms with Gasteiger partial charge in [0, 0.05) is 35.8 Å². The van der Waals surface area contributed by atoms with Crippen molar-refractivity contribution in [2.75, 3.05) is 26.0 Å². The zero-order valence-electron chi connectivity index (χ0n) is 17.7. The molecule has 31 heavy (non-hydrogen) atoms. The smallest absolute Gasteiger partial charge is 0.316 e. The van der Waals surface area contributed by atoms with Gasteiger partial charge in [-0.25, -0.2) is 4.79 Å². The number of H-pyrrole nitrogens is 1. The van der Waals surface area contributed by atoms with E-state index in [0.29, 0.717) is 30.2 Å². The van der Waals surface area contributed by atoms with Gasteiger partial charge >= 0.3 is 6.03 Å². The fourth-order valence-electron chi connectivity index (χ4n) is 3.53. The number of carbonyl (C=O) groups is 1. The van der Waals surface area contributed by atoms with Gasteiger partial charge < -0.3 is 25.5 Å². The minimum Gasteiger partial charge on any atom is -0.361 e. The number of urea groups is 1. The summed E-state index contributed by atoms with van der Waals surface area (Å²) in [5.41, 5.74) is 10.4. The molecule has 2 amide bonds. The van der Waals surface area contributed by atoms with Gasteiger partial charge in [-0.15, -0.1) is 0 Å². The molecule has 0 aliphatic heterocycles. The summed E-state index contributed by atoms with van der Waals surface area (Å²) in [6.07, 6.45) is 4.22. The van der Waals surface area contributed by atoms with Crippen LogP contribution in [0.2, 0.25) is 0 Å². The largest absolute Gasteiger partial charge is 0.361 e. The van der Waals surface area contributed by atoms with Gasteiger partial charge in [-0.05, 0) is 61.5 Å². The van der Waals surface area contributed by atoms with Crippen LogP contribution in [0.4, 0.5) is 10.5 Å². The molecule has 0 atom stereocenters. The third kappa shape index (κ3) is 5.29. The zero-order chi connectivity index (χ0) is 21.8. The molecule has 0 unspecified atom stereocenters. The van der Waals surface area contributed by atoms with Gasteiger partial charge in [0.25, 0.3) is 0 Å². The minimum absolute atomic E-state index is 0.548. The van der Waals surface area contributed by atoms with Crippen LogP contribution >= 0.6 is 0 Å². The van der Waals surface area contributed by atoms with E-state index >= 15 is 0 Å². The van der Waals surface area contributed by atoms with Crippen LogP contribution in [-0.4, -0.2) is 46.7 Å². The Hall–Kier alpha value is -3.65. The lowest BCUT2D eigenvalue weighted by Crippen LogP contribution is -2.19. The Morgan fingerprint density at radius 3 is 2.65 bits per heavy atom. The Labute approximate surface area is 180 Å². The summed E-state index contributed by atoms with van der Waals surface area (Å²) in [6.45, 7) is 1.00. The van der Waals surface area contributed by atoms with E-state index < -0.39 is 6.03 Å². The van der Waals surface area contributed by atoms with Gasteiger partial charge in [0.05, 0.1) is 6.42 Å². The summed E-state index contributed by atoms with van der Waals surface area (Å²) in [6, 6.07) is 13.2. The molecule has 0 fully saturated rings. The fraction of sp³-hybridized carbons (Fsp3) is 0.261. The lowest BCUT2D eigenvalue weighted by Gasteiger charge is -2.08. The number of likely N-dealkylation sites (N-methyl/N-ethyl adjacent to an activating group) is 1. The van der Waals surface area contributed by atoms with Crippen molar-refractivity contribution in [3.63, 3.8) is 0 Å². The van der Waals surface area contributed by atoms with Gasteiger partial charge in [0.2, 0.25) is 5.89 Å². The third-order valence-corrected chi connectivity index (χ3v) is 5.11. The molecular weight excluding hydrogens is 392 g/mol. The Kier molecular flexibility index (Phi) is 5.99. The number of nitrogens with one attached hydrogen (secondary N) is 2. The summed E-state index contributed by atoms with van der Waals surface area (Å²) >= 11 is 0.